The molecule has 160 valence electrons. The Hall–Kier alpha value is -1.89. The van der Waals surface area contributed by atoms with Crippen molar-refractivity contribution in [3.8, 4) is 5.75 Å². The Morgan fingerprint density at radius 2 is 1.77 bits per heavy atom. The lowest BCUT2D eigenvalue weighted by atomic mass is 9.79. The summed E-state index contributed by atoms with van der Waals surface area (Å²) >= 11 is 0. The van der Waals surface area contributed by atoms with Gasteiger partial charge in [-0.1, -0.05) is 18.2 Å². The quantitative estimate of drug-likeness (QED) is 0.691. The van der Waals surface area contributed by atoms with Crippen molar-refractivity contribution >= 4 is 12.6 Å². The molecule has 1 unspecified atom stereocenters. The molecule has 30 heavy (non-hydrogen) atoms. The van der Waals surface area contributed by atoms with E-state index in [1.54, 1.807) is 7.11 Å². The van der Waals surface area contributed by atoms with Gasteiger partial charge < -0.3 is 14.0 Å². The van der Waals surface area contributed by atoms with Crippen molar-refractivity contribution < 1.29 is 14.0 Å². The van der Waals surface area contributed by atoms with Crippen LogP contribution in [-0.4, -0.2) is 41.9 Å². The van der Waals surface area contributed by atoms with Gasteiger partial charge in [0.25, 0.3) is 0 Å². The van der Waals surface area contributed by atoms with Crippen LogP contribution in [0.15, 0.2) is 42.7 Å². The van der Waals surface area contributed by atoms with Gasteiger partial charge in [-0.05, 0) is 77.3 Å². The van der Waals surface area contributed by atoms with Crippen LogP contribution in [0.2, 0.25) is 0 Å². The summed E-state index contributed by atoms with van der Waals surface area (Å²) in [5.74, 6) is 0.892. The van der Waals surface area contributed by atoms with Gasteiger partial charge in [0.2, 0.25) is 0 Å². The highest BCUT2D eigenvalue weighted by molar-refractivity contribution is 6.62. The van der Waals surface area contributed by atoms with Crippen LogP contribution in [0.1, 0.15) is 70.7 Å². The van der Waals surface area contributed by atoms with E-state index in [1.165, 1.54) is 17.5 Å². The topological polar surface area (TPSA) is 43.8 Å². The third-order valence-corrected chi connectivity index (χ3v) is 7.08. The molecule has 6 heteroatoms. The van der Waals surface area contributed by atoms with E-state index in [2.05, 4.69) is 62.7 Å². The highest BCUT2D eigenvalue weighted by atomic mass is 16.7. The van der Waals surface area contributed by atoms with E-state index in [0.717, 1.165) is 24.2 Å². The Morgan fingerprint density at radius 3 is 2.40 bits per heavy atom. The Bertz CT molecular complexity index is 868. The summed E-state index contributed by atoms with van der Waals surface area (Å²) in [4.78, 5) is 7.13. The Labute approximate surface area is 180 Å². The fraction of sp³-hybridized carbons (Fsp3) is 0.542. The number of ether oxygens (including phenoxy) is 1. The second-order valence-corrected chi connectivity index (χ2v) is 9.48. The summed E-state index contributed by atoms with van der Waals surface area (Å²) in [5, 5.41) is 0. The van der Waals surface area contributed by atoms with Crippen LogP contribution in [0.4, 0.5) is 0 Å². The molecule has 0 aliphatic carbocycles. The van der Waals surface area contributed by atoms with E-state index in [9.17, 15) is 0 Å². The number of likely N-dealkylation sites (tertiary alicyclic amines) is 1. The maximum atomic E-state index is 6.25. The predicted molar refractivity (Wildman–Crippen MR) is 120 cm³/mol. The van der Waals surface area contributed by atoms with Crippen LogP contribution in [0.25, 0.3) is 0 Å². The molecule has 2 atom stereocenters. The predicted octanol–water partition coefficient (Wildman–Crippen LogP) is 4.29. The zero-order valence-corrected chi connectivity index (χ0v) is 19.0. The van der Waals surface area contributed by atoms with Gasteiger partial charge in [0, 0.05) is 29.9 Å². The molecule has 0 N–H and O–H groups in total. The van der Waals surface area contributed by atoms with Gasteiger partial charge in [0.05, 0.1) is 18.3 Å². The van der Waals surface area contributed by atoms with Crippen LogP contribution in [0, 0.1) is 0 Å². The molecule has 2 fully saturated rings. The summed E-state index contributed by atoms with van der Waals surface area (Å²) in [7, 11) is 1.32. The number of methoxy groups -OCH3 is 1. The minimum atomic E-state index is -0.378. The minimum Gasteiger partial charge on any atom is -0.497 e. The first kappa shape index (κ1) is 21.4. The van der Waals surface area contributed by atoms with Crippen molar-refractivity contribution in [3.05, 3.63) is 53.9 Å². The van der Waals surface area contributed by atoms with E-state index in [4.69, 9.17) is 14.0 Å². The van der Waals surface area contributed by atoms with E-state index in [-0.39, 0.29) is 18.3 Å². The molecule has 2 aliphatic rings. The van der Waals surface area contributed by atoms with Crippen molar-refractivity contribution in [2.45, 2.75) is 70.7 Å². The molecular weight excluding hydrogens is 375 g/mol. The molecule has 4 rings (SSSR count). The number of benzene rings is 1. The zero-order chi connectivity index (χ0) is 21.5. The smallest absolute Gasteiger partial charge is 0.496 e. The molecule has 0 saturated carbocycles. The first-order valence-corrected chi connectivity index (χ1v) is 10.9. The van der Waals surface area contributed by atoms with Gasteiger partial charge in [-0.2, -0.15) is 0 Å². The third kappa shape index (κ3) is 3.89. The maximum absolute atomic E-state index is 6.25. The van der Waals surface area contributed by atoms with Gasteiger partial charge in [-0.15, -0.1) is 0 Å². The van der Waals surface area contributed by atoms with E-state index in [1.807, 2.05) is 24.5 Å². The summed E-state index contributed by atoms with van der Waals surface area (Å²) < 4.78 is 17.8. The number of pyridine rings is 1. The first-order valence-electron chi connectivity index (χ1n) is 10.9. The molecule has 1 aromatic carbocycles. The van der Waals surface area contributed by atoms with Gasteiger partial charge in [0.15, 0.2) is 0 Å². The second kappa shape index (κ2) is 7.99. The van der Waals surface area contributed by atoms with Gasteiger partial charge in [0.1, 0.15) is 5.75 Å². The average Bonchev–Trinajstić information content (AvgIpc) is 3.30. The lowest BCUT2D eigenvalue weighted by molar-refractivity contribution is 0.00578. The summed E-state index contributed by atoms with van der Waals surface area (Å²) in [5.41, 5.74) is 2.83. The summed E-state index contributed by atoms with van der Waals surface area (Å²) in [6, 6.07) is 11.3. The van der Waals surface area contributed by atoms with E-state index >= 15 is 0 Å². The van der Waals surface area contributed by atoms with Gasteiger partial charge >= 0.3 is 7.12 Å². The highest BCUT2D eigenvalue weighted by Gasteiger charge is 2.52. The van der Waals surface area contributed by atoms with Crippen LogP contribution < -0.4 is 10.2 Å². The molecule has 2 aliphatic heterocycles. The van der Waals surface area contributed by atoms with Crippen molar-refractivity contribution in [3.63, 3.8) is 0 Å². The highest BCUT2D eigenvalue weighted by Crippen LogP contribution is 2.39. The minimum absolute atomic E-state index is 0.323. The van der Waals surface area contributed by atoms with Gasteiger partial charge in [-0.3, -0.25) is 9.88 Å². The number of rotatable bonds is 5. The molecule has 3 heterocycles. The maximum Gasteiger partial charge on any atom is 0.496 e. The number of hydrogen-bond donors (Lipinski definition) is 0. The fourth-order valence-corrected chi connectivity index (χ4v) is 4.45. The molecule has 1 aromatic heterocycles. The molecule has 2 aromatic rings. The molecule has 0 spiro atoms. The Balaban J connectivity index is 1.55. The third-order valence-electron chi connectivity index (χ3n) is 7.08. The zero-order valence-electron chi connectivity index (χ0n) is 19.0. The van der Waals surface area contributed by atoms with Gasteiger partial charge in [-0.25, -0.2) is 0 Å². The normalized spacial score (nSPS) is 24.2. The molecular formula is C24H33BN2O3. The lowest BCUT2D eigenvalue weighted by Gasteiger charge is -2.32. The number of nitrogens with zero attached hydrogens (tertiary/aromatic N) is 2. The first-order chi connectivity index (χ1) is 14.2. The second-order valence-electron chi connectivity index (χ2n) is 9.48. The standard InChI is InChI=1S/C24H33BN2O3/c1-17(18-9-11-21(28-6)12-10-18)27-13-7-8-22(27)19-14-20(16-26-15-19)25-29-23(2,3)24(4,5)30-25/h9-12,14-17,22H,7-8,13H2,1-6H3/t17-,22?/m1/s1. The molecule has 5 nitrogen and oxygen atoms in total. The Morgan fingerprint density at radius 1 is 1.10 bits per heavy atom. The average molecular weight is 408 g/mol. The summed E-state index contributed by atoms with van der Waals surface area (Å²) in [6.07, 6.45) is 6.19. The summed E-state index contributed by atoms with van der Waals surface area (Å²) in [6.45, 7) is 11.7. The molecule has 0 bridgehead atoms. The largest absolute Gasteiger partial charge is 0.497 e. The van der Waals surface area contributed by atoms with Crippen molar-refractivity contribution in [2.75, 3.05) is 13.7 Å². The van der Waals surface area contributed by atoms with Crippen molar-refractivity contribution in [1.82, 2.24) is 9.88 Å². The molecule has 0 amide bonds. The SMILES string of the molecule is COc1ccc([C@@H](C)N2CCCC2c2cncc(B3OC(C)(C)C(C)(C)O3)c2)cc1. The van der Waals surface area contributed by atoms with Crippen LogP contribution in [0.5, 0.6) is 5.75 Å². The number of hydrogen-bond acceptors (Lipinski definition) is 5. The number of aromatic nitrogens is 1. The van der Waals surface area contributed by atoms with E-state index < -0.39 is 0 Å². The monoisotopic (exact) mass is 408 g/mol. The fourth-order valence-electron chi connectivity index (χ4n) is 4.45. The van der Waals surface area contributed by atoms with E-state index in [0.29, 0.717) is 12.1 Å². The molecule has 2 saturated heterocycles. The van der Waals surface area contributed by atoms with Crippen LogP contribution in [-0.2, 0) is 9.31 Å². The van der Waals surface area contributed by atoms with Crippen molar-refractivity contribution in [2.24, 2.45) is 0 Å². The lowest BCUT2D eigenvalue weighted by Crippen LogP contribution is -2.41. The van der Waals surface area contributed by atoms with Crippen molar-refractivity contribution in [1.29, 1.82) is 0 Å². The molecule has 0 radical (unpaired) electrons. The van der Waals surface area contributed by atoms with Crippen LogP contribution >= 0.6 is 0 Å². The van der Waals surface area contributed by atoms with Crippen LogP contribution in [0.3, 0.4) is 0 Å². The Kier molecular flexibility index (Phi) is 5.68.